The molecule has 1 aliphatic carbocycles. The van der Waals surface area contributed by atoms with E-state index in [0.717, 1.165) is 25.1 Å². The van der Waals surface area contributed by atoms with Gasteiger partial charge in [0, 0.05) is 23.9 Å². The average molecular weight is 269 g/mol. The second-order valence-corrected chi connectivity index (χ2v) is 7.18. The van der Waals surface area contributed by atoms with Crippen LogP contribution in [0.3, 0.4) is 0 Å². The molecule has 1 saturated carbocycles. The van der Waals surface area contributed by atoms with E-state index < -0.39 is 9.84 Å². The van der Waals surface area contributed by atoms with Crippen molar-refractivity contribution in [3.05, 3.63) is 24.3 Å². The zero-order valence-electron chi connectivity index (χ0n) is 10.5. The van der Waals surface area contributed by atoms with Crippen LogP contribution in [0.1, 0.15) is 19.3 Å². The summed E-state index contributed by atoms with van der Waals surface area (Å²) in [6.45, 7) is 0.948. The fourth-order valence-electron chi connectivity index (χ4n) is 2.18. The molecule has 2 N–H and O–H groups in total. The molecule has 0 aromatic heterocycles. The molecule has 5 heteroatoms. The van der Waals surface area contributed by atoms with E-state index in [4.69, 9.17) is 0 Å². The minimum absolute atomic E-state index is 0.0233. The van der Waals surface area contributed by atoms with Gasteiger partial charge in [0.1, 0.15) is 0 Å². The standard InChI is InChI=1S/C13H19NO3S/c1-18(16,17)12-5-3-11(4-6-12)14-9-13(10-15)7-2-8-13/h3-6,14-15H,2,7-10H2,1H3. The largest absolute Gasteiger partial charge is 0.396 e. The number of sulfone groups is 1. The smallest absolute Gasteiger partial charge is 0.175 e. The van der Waals surface area contributed by atoms with Gasteiger partial charge in [-0.25, -0.2) is 8.42 Å². The van der Waals surface area contributed by atoms with Crippen molar-refractivity contribution in [1.82, 2.24) is 0 Å². The summed E-state index contributed by atoms with van der Waals surface area (Å²) in [6.07, 6.45) is 4.48. The molecule has 0 spiro atoms. The first-order valence-electron chi connectivity index (χ1n) is 6.10. The van der Waals surface area contributed by atoms with E-state index in [9.17, 15) is 13.5 Å². The van der Waals surface area contributed by atoms with Crippen molar-refractivity contribution in [3.8, 4) is 0 Å². The Balaban J connectivity index is 1.99. The van der Waals surface area contributed by atoms with E-state index in [1.165, 1.54) is 12.7 Å². The van der Waals surface area contributed by atoms with Gasteiger partial charge in [-0.1, -0.05) is 6.42 Å². The Morgan fingerprint density at radius 1 is 1.28 bits per heavy atom. The highest BCUT2D eigenvalue weighted by molar-refractivity contribution is 7.90. The van der Waals surface area contributed by atoms with Crippen LogP contribution < -0.4 is 5.32 Å². The summed E-state index contributed by atoms with van der Waals surface area (Å²) in [5, 5.41) is 12.6. The monoisotopic (exact) mass is 269 g/mol. The molecule has 0 radical (unpaired) electrons. The predicted octanol–water partition coefficient (Wildman–Crippen LogP) is 1.66. The van der Waals surface area contributed by atoms with Crippen LogP contribution in [0.5, 0.6) is 0 Å². The van der Waals surface area contributed by atoms with E-state index in [-0.39, 0.29) is 12.0 Å². The molecule has 2 rings (SSSR count). The number of aliphatic hydroxyl groups is 1. The fourth-order valence-corrected chi connectivity index (χ4v) is 2.81. The number of aliphatic hydroxyl groups excluding tert-OH is 1. The molecular formula is C13H19NO3S. The van der Waals surface area contributed by atoms with Crippen LogP contribution in [0.4, 0.5) is 5.69 Å². The molecule has 0 heterocycles. The number of anilines is 1. The van der Waals surface area contributed by atoms with Gasteiger partial charge >= 0.3 is 0 Å². The second-order valence-electron chi connectivity index (χ2n) is 5.16. The highest BCUT2D eigenvalue weighted by atomic mass is 32.2. The van der Waals surface area contributed by atoms with Crippen molar-refractivity contribution in [1.29, 1.82) is 0 Å². The maximum Gasteiger partial charge on any atom is 0.175 e. The van der Waals surface area contributed by atoms with Gasteiger partial charge in [-0.05, 0) is 37.1 Å². The Hall–Kier alpha value is -1.07. The van der Waals surface area contributed by atoms with Gasteiger partial charge in [-0.15, -0.1) is 0 Å². The van der Waals surface area contributed by atoms with E-state index in [0.29, 0.717) is 4.90 Å². The molecule has 0 amide bonds. The summed E-state index contributed by atoms with van der Waals surface area (Å²) >= 11 is 0. The Morgan fingerprint density at radius 3 is 2.28 bits per heavy atom. The number of rotatable bonds is 5. The van der Waals surface area contributed by atoms with Crippen molar-refractivity contribution >= 4 is 15.5 Å². The third-order valence-corrected chi connectivity index (χ3v) is 4.83. The maximum absolute atomic E-state index is 11.3. The molecule has 0 atom stereocenters. The Morgan fingerprint density at radius 2 is 1.89 bits per heavy atom. The first-order valence-corrected chi connectivity index (χ1v) is 7.99. The summed E-state index contributed by atoms with van der Waals surface area (Å²) < 4.78 is 22.6. The van der Waals surface area contributed by atoms with Gasteiger partial charge in [0.25, 0.3) is 0 Å². The third kappa shape index (κ3) is 2.84. The minimum Gasteiger partial charge on any atom is -0.396 e. The van der Waals surface area contributed by atoms with Crippen LogP contribution >= 0.6 is 0 Å². The van der Waals surface area contributed by atoms with E-state index in [1.54, 1.807) is 24.3 Å². The van der Waals surface area contributed by atoms with Gasteiger partial charge in [0.2, 0.25) is 0 Å². The van der Waals surface area contributed by atoms with Crippen molar-refractivity contribution in [2.75, 3.05) is 24.7 Å². The summed E-state index contributed by atoms with van der Waals surface area (Å²) in [5.74, 6) is 0. The highest BCUT2D eigenvalue weighted by Crippen LogP contribution is 2.40. The van der Waals surface area contributed by atoms with Crippen molar-refractivity contribution in [3.63, 3.8) is 0 Å². The first-order chi connectivity index (χ1) is 8.45. The normalized spacial score (nSPS) is 18.1. The Bertz CT molecular complexity index is 498. The molecule has 0 bridgehead atoms. The first kappa shape index (κ1) is 13.4. The van der Waals surface area contributed by atoms with Crippen LogP contribution in [0.15, 0.2) is 29.2 Å². The zero-order chi connectivity index (χ0) is 13.2. The zero-order valence-corrected chi connectivity index (χ0v) is 11.3. The summed E-state index contributed by atoms with van der Waals surface area (Å²) in [4.78, 5) is 0.327. The molecular weight excluding hydrogens is 250 g/mol. The molecule has 1 aromatic rings. The lowest BCUT2D eigenvalue weighted by atomic mass is 9.69. The Kier molecular flexibility index (Phi) is 3.64. The topological polar surface area (TPSA) is 66.4 Å². The molecule has 100 valence electrons. The van der Waals surface area contributed by atoms with Gasteiger partial charge in [-0.2, -0.15) is 0 Å². The maximum atomic E-state index is 11.3. The number of benzene rings is 1. The van der Waals surface area contributed by atoms with Gasteiger partial charge < -0.3 is 10.4 Å². The molecule has 0 saturated heterocycles. The lowest BCUT2D eigenvalue weighted by Crippen LogP contribution is -2.39. The van der Waals surface area contributed by atoms with Crippen LogP contribution in [0, 0.1) is 5.41 Å². The van der Waals surface area contributed by atoms with E-state index in [1.807, 2.05) is 0 Å². The van der Waals surface area contributed by atoms with Crippen molar-refractivity contribution in [2.24, 2.45) is 5.41 Å². The quantitative estimate of drug-likeness (QED) is 0.853. The predicted molar refractivity (Wildman–Crippen MR) is 71.4 cm³/mol. The summed E-state index contributed by atoms with van der Waals surface area (Å²) in [6, 6.07) is 6.73. The molecule has 1 fully saturated rings. The van der Waals surface area contributed by atoms with Gasteiger partial charge in [-0.3, -0.25) is 0 Å². The molecule has 4 nitrogen and oxygen atoms in total. The van der Waals surface area contributed by atoms with E-state index >= 15 is 0 Å². The van der Waals surface area contributed by atoms with Crippen LogP contribution in [0.25, 0.3) is 0 Å². The number of hydrogen-bond donors (Lipinski definition) is 2. The molecule has 1 aromatic carbocycles. The van der Waals surface area contributed by atoms with Crippen molar-refractivity contribution < 1.29 is 13.5 Å². The van der Waals surface area contributed by atoms with Crippen molar-refractivity contribution in [2.45, 2.75) is 24.2 Å². The molecule has 18 heavy (non-hydrogen) atoms. The van der Waals surface area contributed by atoms with Crippen LogP contribution in [-0.4, -0.2) is 32.9 Å². The number of hydrogen-bond acceptors (Lipinski definition) is 4. The molecule has 0 aliphatic heterocycles. The van der Waals surface area contributed by atoms with Gasteiger partial charge in [0.05, 0.1) is 11.5 Å². The van der Waals surface area contributed by atoms with Crippen LogP contribution in [-0.2, 0) is 9.84 Å². The second kappa shape index (κ2) is 4.90. The number of nitrogens with one attached hydrogen (secondary N) is 1. The Labute approximate surface area is 108 Å². The SMILES string of the molecule is CS(=O)(=O)c1ccc(NCC2(CO)CCC2)cc1. The average Bonchev–Trinajstić information content (AvgIpc) is 2.28. The minimum atomic E-state index is -3.13. The highest BCUT2D eigenvalue weighted by Gasteiger charge is 2.35. The summed E-state index contributed by atoms with van der Waals surface area (Å²) in [7, 11) is -3.13. The lowest BCUT2D eigenvalue weighted by molar-refractivity contribution is 0.0576. The molecule has 0 unspecified atom stereocenters. The van der Waals surface area contributed by atoms with E-state index in [2.05, 4.69) is 5.32 Å². The lowest BCUT2D eigenvalue weighted by Gasteiger charge is -2.40. The fraction of sp³-hybridized carbons (Fsp3) is 0.538. The third-order valence-electron chi connectivity index (χ3n) is 3.70. The molecule has 1 aliphatic rings. The van der Waals surface area contributed by atoms with Crippen LogP contribution in [0.2, 0.25) is 0 Å². The van der Waals surface area contributed by atoms with Gasteiger partial charge in [0.15, 0.2) is 9.84 Å². The summed E-state index contributed by atoms with van der Waals surface area (Å²) in [5.41, 5.74) is 0.914.